The molecule has 0 aliphatic heterocycles. The van der Waals surface area contributed by atoms with E-state index in [0.717, 1.165) is 5.56 Å². The molecule has 6 heteroatoms. The van der Waals surface area contributed by atoms with Crippen molar-refractivity contribution in [2.75, 3.05) is 6.61 Å². The van der Waals surface area contributed by atoms with Gasteiger partial charge in [0.05, 0.1) is 34.8 Å². The van der Waals surface area contributed by atoms with E-state index >= 15 is 0 Å². The van der Waals surface area contributed by atoms with Gasteiger partial charge in [0.25, 0.3) is 5.69 Å². The third-order valence-electron chi connectivity index (χ3n) is 3.30. The zero-order chi connectivity index (χ0) is 16.7. The van der Waals surface area contributed by atoms with Gasteiger partial charge in [0.2, 0.25) is 0 Å². The molecule has 0 radical (unpaired) electrons. The van der Waals surface area contributed by atoms with Gasteiger partial charge in [-0.1, -0.05) is 30.3 Å². The lowest BCUT2D eigenvalue weighted by atomic mass is 10.1. The summed E-state index contributed by atoms with van der Waals surface area (Å²) in [4.78, 5) is 14.8. The SMILES string of the molecule is N#Cc1ccc([N+](=O)[O-])c(C=NC(CO)Cc2ccccc2)c1. The number of nitriles is 1. The van der Waals surface area contributed by atoms with Crippen molar-refractivity contribution in [2.24, 2.45) is 4.99 Å². The average molecular weight is 309 g/mol. The molecule has 2 aromatic carbocycles. The van der Waals surface area contributed by atoms with Gasteiger partial charge in [-0.3, -0.25) is 15.1 Å². The summed E-state index contributed by atoms with van der Waals surface area (Å²) in [6, 6.07) is 15.2. The minimum Gasteiger partial charge on any atom is -0.394 e. The van der Waals surface area contributed by atoms with Crippen molar-refractivity contribution in [2.45, 2.75) is 12.5 Å². The molecule has 116 valence electrons. The molecule has 0 fully saturated rings. The Bertz CT molecular complexity index is 751. The van der Waals surface area contributed by atoms with Gasteiger partial charge >= 0.3 is 0 Å². The van der Waals surface area contributed by atoms with Crippen LogP contribution < -0.4 is 0 Å². The van der Waals surface area contributed by atoms with E-state index in [1.807, 2.05) is 36.4 Å². The number of nitro groups is 1. The summed E-state index contributed by atoms with van der Waals surface area (Å²) >= 11 is 0. The number of nitro benzene ring substituents is 1. The number of aliphatic hydroxyl groups is 1. The largest absolute Gasteiger partial charge is 0.394 e. The first kappa shape index (κ1) is 16.3. The second kappa shape index (κ2) is 7.82. The summed E-state index contributed by atoms with van der Waals surface area (Å²) in [5.74, 6) is 0. The predicted molar refractivity (Wildman–Crippen MR) is 86.4 cm³/mol. The van der Waals surface area contributed by atoms with Crippen molar-refractivity contribution in [1.82, 2.24) is 0 Å². The van der Waals surface area contributed by atoms with Gasteiger partial charge in [0, 0.05) is 12.3 Å². The van der Waals surface area contributed by atoms with Crippen molar-refractivity contribution in [3.63, 3.8) is 0 Å². The summed E-state index contributed by atoms with van der Waals surface area (Å²) in [5, 5.41) is 29.4. The average Bonchev–Trinajstić information content (AvgIpc) is 2.59. The smallest absolute Gasteiger partial charge is 0.278 e. The van der Waals surface area contributed by atoms with Gasteiger partial charge in [-0.15, -0.1) is 0 Å². The Balaban J connectivity index is 2.23. The van der Waals surface area contributed by atoms with Crippen molar-refractivity contribution in [1.29, 1.82) is 5.26 Å². The van der Waals surface area contributed by atoms with Crippen molar-refractivity contribution in [3.05, 3.63) is 75.3 Å². The van der Waals surface area contributed by atoms with Crippen LogP contribution in [0.4, 0.5) is 5.69 Å². The lowest BCUT2D eigenvalue weighted by Gasteiger charge is -2.09. The third kappa shape index (κ3) is 4.46. The van der Waals surface area contributed by atoms with E-state index in [4.69, 9.17) is 5.26 Å². The number of hydrogen-bond acceptors (Lipinski definition) is 5. The minimum absolute atomic E-state index is 0.121. The van der Waals surface area contributed by atoms with Crippen LogP contribution in [0.15, 0.2) is 53.5 Å². The quantitative estimate of drug-likeness (QED) is 0.503. The molecule has 2 aromatic rings. The molecular formula is C17H15N3O3. The van der Waals surface area contributed by atoms with E-state index in [1.165, 1.54) is 24.4 Å². The fraction of sp³-hybridized carbons (Fsp3) is 0.176. The lowest BCUT2D eigenvalue weighted by Crippen LogP contribution is -2.14. The van der Waals surface area contributed by atoms with Crippen LogP contribution in [0, 0.1) is 21.4 Å². The minimum atomic E-state index is -0.520. The maximum absolute atomic E-state index is 11.0. The Hall–Kier alpha value is -3.04. The van der Waals surface area contributed by atoms with E-state index in [9.17, 15) is 15.2 Å². The summed E-state index contributed by atoms with van der Waals surface area (Å²) in [7, 11) is 0. The molecule has 0 amide bonds. The maximum atomic E-state index is 11.0. The highest BCUT2D eigenvalue weighted by atomic mass is 16.6. The first-order chi connectivity index (χ1) is 11.1. The predicted octanol–water partition coefficient (Wildman–Crippen LogP) is 2.49. The Morgan fingerprint density at radius 1 is 1.30 bits per heavy atom. The van der Waals surface area contributed by atoms with Crippen LogP contribution in [0.3, 0.4) is 0 Å². The van der Waals surface area contributed by atoms with Crippen LogP contribution in [0.5, 0.6) is 0 Å². The molecule has 0 aliphatic rings. The van der Waals surface area contributed by atoms with Crippen LogP contribution in [0.1, 0.15) is 16.7 Å². The molecule has 0 saturated heterocycles. The second-order valence-electron chi connectivity index (χ2n) is 4.95. The van der Waals surface area contributed by atoms with E-state index in [0.29, 0.717) is 12.0 Å². The Morgan fingerprint density at radius 3 is 2.65 bits per heavy atom. The van der Waals surface area contributed by atoms with Gasteiger partial charge in [-0.25, -0.2) is 0 Å². The lowest BCUT2D eigenvalue weighted by molar-refractivity contribution is -0.385. The second-order valence-corrected chi connectivity index (χ2v) is 4.95. The molecule has 2 rings (SSSR count). The number of aliphatic hydroxyl groups excluding tert-OH is 1. The first-order valence-electron chi connectivity index (χ1n) is 7.00. The van der Waals surface area contributed by atoms with Gasteiger partial charge < -0.3 is 5.11 Å². The van der Waals surface area contributed by atoms with E-state index in [-0.39, 0.29) is 17.9 Å². The zero-order valence-corrected chi connectivity index (χ0v) is 12.3. The highest BCUT2D eigenvalue weighted by Gasteiger charge is 2.13. The fourth-order valence-corrected chi connectivity index (χ4v) is 2.13. The molecule has 1 unspecified atom stereocenters. The van der Waals surface area contributed by atoms with Crippen molar-refractivity contribution >= 4 is 11.9 Å². The van der Waals surface area contributed by atoms with Crippen LogP contribution in [0.2, 0.25) is 0 Å². The number of rotatable bonds is 6. The number of aliphatic imine (C=N–C) groups is 1. The van der Waals surface area contributed by atoms with Gasteiger partial charge in [-0.2, -0.15) is 5.26 Å². The van der Waals surface area contributed by atoms with Crippen LogP contribution in [-0.2, 0) is 6.42 Å². The normalized spacial score (nSPS) is 12.0. The Kier molecular flexibility index (Phi) is 5.56. The Morgan fingerprint density at radius 2 is 2.04 bits per heavy atom. The molecule has 6 nitrogen and oxygen atoms in total. The fourth-order valence-electron chi connectivity index (χ4n) is 2.13. The van der Waals surface area contributed by atoms with Gasteiger partial charge in [0.15, 0.2) is 0 Å². The molecule has 0 bridgehead atoms. The molecule has 0 aromatic heterocycles. The van der Waals surface area contributed by atoms with Crippen LogP contribution in [0.25, 0.3) is 0 Å². The molecule has 1 atom stereocenters. The molecular weight excluding hydrogens is 294 g/mol. The molecule has 0 saturated carbocycles. The maximum Gasteiger partial charge on any atom is 0.278 e. The number of benzene rings is 2. The van der Waals surface area contributed by atoms with Crippen LogP contribution >= 0.6 is 0 Å². The summed E-state index contributed by atoms with van der Waals surface area (Å²) in [6.07, 6.45) is 1.88. The summed E-state index contributed by atoms with van der Waals surface area (Å²) < 4.78 is 0. The standard InChI is InChI=1S/C17H15N3O3/c18-10-14-6-7-17(20(22)23)15(8-14)11-19-16(12-21)9-13-4-2-1-3-5-13/h1-8,11,16,21H,9,12H2. The van der Waals surface area contributed by atoms with Gasteiger partial charge in [0.1, 0.15) is 0 Å². The number of hydrogen-bond donors (Lipinski definition) is 1. The number of nitrogens with zero attached hydrogens (tertiary/aromatic N) is 3. The van der Waals surface area contributed by atoms with E-state index in [2.05, 4.69) is 4.99 Å². The highest BCUT2D eigenvalue weighted by molar-refractivity contribution is 5.86. The van der Waals surface area contributed by atoms with E-state index in [1.54, 1.807) is 0 Å². The van der Waals surface area contributed by atoms with E-state index < -0.39 is 11.0 Å². The third-order valence-corrected chi connectivity index (χ3v) is 3.30. The van der Waals surface area contributed by atoms with Crippen molar-refractivity contribution < 1.29 is 10.0 Å². The summed E-state index contributed by atoms with van der Waals surface area (Å²) in [5.41, 5.74) is 1.47. The molecule has 0 spiro atoms. The monoisotopic (exact) mass is 309 g/mol. The molecule has 23 heavy (non-hydrogen) atoms. The zero-order valence-electron chi connectivity index (χ0n) is 12.3. The van der Waals surface area contributed by atoms with Gasteiger partial charge in [-0.05, 0) is 24.1 Å². The topological polar surface area (TPSA) is 99.5 Å². The van der Waals surface area contributed by atoms with Crippen molar-refractivity contribution in [3.8, 4) is 6.07 Å². The Labute approximate surface area is 133 Å². The molecule has 0 aliphatic carbocycles. The molecule has 1 N–H and O–H groups in total. The first-order valence-corrected chi connectivity index (χ1v) is 7.00. The van der Waals surface area contributed by atoms with Crippen LogP contribution in [-0.4, -0.2) is 28.9 Å². The highest BCUT2D eigenvalue weighted by Crippen LogP contribution is 2.18. The molecule has 0 heterocycles. The summed E-state index contributed by atoms with van der Waals surface area (Å²) in [6.45, 7) is -0.170.